The van der Waals surface area contributed by atoms with Gasteiger partial charge in [0, 0.05) is 16.5 Å². The molecule has 2 bridgehead atoms. The van der Waals surface area contributed by atoms with Crippen LogP contribution >= 0.6 is 11.3 Å². The Bertz CT molecular complexity index is 951. The lowest BCUT2D eigenvalue weighted by atomic mass is 9.71. The Balaban J connectivity index is 1.90. The standard InChI is InChI=1S/C18H13NO4S/c1-23-15-12-8-7-11(10-5-3-2-4-6-10)14(15)18(12,22)17-19-13(9-24-17)16(20)21/h2-9,22H,1H3,(H,20,21). The van der Waals surface area contributed by atoms with E-state index in [1.807, 2.05) is 36.4 Å². The van der Waals surface area contributed by atoms with Crippen molar-refractivity contribution in [3.63, 3.8) is 0 Å². The van der Waals surface area contributed by atoms with Gasteiger partial charge in [-0.25, -0.2) is 9.78 Å². The maximum Gasteiger partial charge on any atom is 0.355 e. The number of aromatic nitrogens is 1. The monoisotopic (exact) mass is 339 g/mol. The van der Waals surface area contributed by atoms with Gasteiger partial charge in [-0.1, -0.05) is 42.5 Å². The van der Waals surface area contributed by atoms with Crippen LogP contribution in [0.3, 0.4) is 0 Å². The lowest BCUT2D eigenvalue weighted by molar-refractivity contribution is 0.0688. The van der Waals surface area contributed by atoms with Gasteiger partial charge in [0.1, 0.15) is 10.8 Å². The topological polar surface area (TPSA) is 79.7 Å². The van der Waals surface area contributed by atoms with Crippen molar-refractivity contribution < 1.29 is 19.7 Å². The van der Waals surface area contributed by atoms with E-state index in [9.17, 15) is 9.90 Å². The summed E-state index contributed by atoms with van der Waals surface area (Å²) in [5, 5.41) is 22.2. The fourth-order valence-electron chi connectivity index (χ4n) is 3.13. The Morgan fingerprint density at radius 2 is 1.96 bits per heavy atom. The number of carboxylic acids is 1. The van der Waals surface area contributed by atoms with Gasteiger partial charge in [0.05, 0.1) is 7.11 Å². The minimum Gasteiger partial charge on any atom is -0.496 e. The number of fused-ring (bicyclic) bond motifs is 2. The summed E-state index contributed by atoms with van der Waals surface area (Å²) in [6.45, 7) is 0. The molecule has 3 aromatic rings. The molecule has 1 aromatic heterocycles. The summed E-state index contributed by atoms with van der Waals surface area (Å²) < 4.78 is 5.45. The number of ether oxygens (including phenoxy) is 1. The minimum absolute atomic E-state index is 0.0705. The molecule has 6 heteroatoms. The van der Waals surface area contributed by atoms with Crippen LogP contribution in [0.25, 0.3) is 11.1 Å². The van der Waals surface area contributed by atoms with Crippen LogP contribution in [0.1, 0.15) is 26.6 Å². The second kappa shape index (κ2) is 5.15. The highest BCUT2D eigenvalue weighted by Crippen LogP contribution is 2.58. The van der Waals surface area contributed by atoms with E-state index in [0.717, 1.165) is 22.5 Å². The molecule has 24 heavy (non-hydrogen) atoms. The highest BCUT2D eigenvalue weighted by Gasteiger charge is 2.52. The summed E-state index contributed by atoms with van der Waals surface area (Å²) in [5.41, 5.74) is 1.52. The number of hydrogen-bond donors (Lipinski definition) is 2. The molecule has 0 spiro atoms. The van der Waals surface area contributed by atoms with Gasteiger partial charge >= 0.3 is 5.97 Å². The fraction of sp³-hybridized carbons (Fsp3) is 0.111. The van der Waals surface area contributed by atoms with Crippen molar-refractivity contribution in [3.8, 4) is 16.9 Å². The predicted octanol–water partition coefficient (Wildman–Crippen LogP) is 3.11. The van der Waals surface area contributed by atoms with Gasteiger partial charge in [-0.15, -0.1) is 11.3 Å². The predicted molar refractivity (Wildman–Crippen MR) is 89.6 cm³/mol. The smallest absolute Gasteiger partial charge is 0.355 e. The van der Waals surface area contributed by atoms with Crippen molar-refractivity contribution in [2.75, 3.05) is 7.11 Å². The summed E-state index contributed by atoms with van der Waals surface area (Å²) in [4.78, 5) is 15.2. The van der Waals surface area contributed by atoms with Crippen LogP contribution < -0.4 is 4.74 Å². The van der Waals surface area contributed by atoms with E-state index in [4.69, 9.17) is 9.84 Å². The highest BCUT2D eigenvalue weighted by atomic mass is 32.1. The summed E-state index contributed by atoms with van der Waals surface area (Å²) in [6, 6.07) is 13.4. The Labute approximate surface area is 141 Å². The number of carbonyl (C=O) groups is 1. The van der Waals surface area contributed by atoms with Gasteiger partial charge in [-0.2, -0.15) is 0 Å². The number of hydrogen-bond acceptors (Lipinski definition) is 5. The average molecular weight is 339 g/mol. The number of nitrogens with zero attached hydrogens (tertiary/aromatic N) is 1. The second-order valence-electron chi connectivity index (χ2n) is 5.49. The van der Waals surface area contributed by atoms with Gasteiger partial charge in [-0.05, 0) is 11.1 Å². The van der Waals surface area contributed by atoms with E-state index in [-0.39, 0.29) is 5.69 Å². The third-order valence-corrected chi connectivity index (χ3v) is 5.18. The van der Waals surface area contributed by atoms with Crippen LogP contribution in [-0.4, -0.2) is 28.3 Å². The Morgan fingerprint density at radius 1 is 1.21 bits per heavy atom. The van der Waals surface area contributed by atoms with Gasteiger partial charge in [0.15, 0.2) is 11.3 Å². The van der Waals surface area contributed by atoms with E-state index in [0.29, 0.717) is 21.9 Å². The quantitative estimate of drug-likeness (QED) is 0.763. The molecule has 1 heterocycles. The number of carboxylic acid groups (broad SMARTS) is 1. The number of aliphatic hydroxyl groups is 1. The first kappa shape index (κ1) is 14.9. The number of benzene rings is 2. The first-order valence-electron chi connectivity index (χ1n) is 7.26. The zero-order chi connectivity index (χ0) is 16.9. The highest BCUT2D eigenvalue weighted by molar-refractivity contribution is 7.10. The van der Waals surface area contributed by atoms with Gasteiger partial charge in [0.25, 0.3) is 0 Å². The lowest BCUT2D eigenvalue weighted by Gasteiger charge is -2.40. The summed E-state index contributed by atoms with van der Waals surface area (Å²) >= 11 is 1.13. The number of aromatic carboxylic acids is 1. The van der Waals surface area contributed by atoms with Crippen molar-refractivity contribution >= 4 is 17.3 Å². The molecule has 0 saturated heterocycles. The average Bonchev–Trinajstić information content (AvgIpc) is 3.11. The minimum atomic E-state index is -1.43. The number of thiazole rings is 1. The number of methoxy groups -OCH3 is 1. The van der Waals surface area contributed by atoms with Crippen molar-refractivity contribution in [3.05, 3.63) is 69.7 Å². The molecular weight excluding hydrogens is 326 g/mol. The molecule has 120 valence electrons. The van der Waals surface area contributed by atoms with E-state index in [2.05, 4.69) is 4.98 Å². The van der Waals surface area contributed by atoms with Crippen LogP contribution in [0.2, 0.25) is 0 Å². The third-order valence-electron chi connectivity index (χ3n) is 4.23. The molecule has 2 N–H and O–H groups in total. The molecule has 1 atom stereocenters. The summed E-state index contributed by atoms with van der Waals surface area (Å²) in [5.74, 6) is -0.495. The molecular formula is C18H13NO4S. The maximum absolute atomic E-state index is 11.3. The largest absolute Gasteiger partial charge is 0.496 e. The fourth-order valence-corrected chi connectivity index (χ4v) is 4.04. The molecule has 1 unspecified atom stereocenters. The lowest BCUT2D eigenvalue weighted by Crippen LogP contribution is -2.38. The van der Waals surface area contributed by atoms with Crippen LogP contribution in [-0.2, 0) is 5.60 Å². The molecule has 4 rings (SSSR count). The Hall–Kier alpha value is -2.70. The molecule has 1 aliphatic carbocycles. The second-order valence-corrected chi connectivity index (χ2v) is 6.35. The van der Waals surface area contributed by atoms with E-state index < -0.39 is 11.6 Å². The first-order valence-corrected chi connectivity index (χ1v) is 8.14. The molecule has 0 radical (unpaired) electrons. The van der Waals surface area contributed by atoms with Gasteiger partial charge in [-0.3, -0.25) is 0 Å². The molecule has 1 aliphatic rings. The Kier molecular flexibility index (Phi) is 3.19. The molecule has 0 saturated carbocycles. The van der Waals surface area contributed by atoms with Crippen LogP contribution in [0.15, 0.2) is 47.8 Å². The van der Waals surface area contributed by atoms with Gasteiger partial charge in [0.2, 0.25) is 0 Å². The molecule has 0 aliphatic heterocycles. The van der Waals surface area contributed by atoms with E-state index in [1.54, 1.807) is 13.2 Å². The maximum atomic E-state index is 11.3. The van der Waals surface area contributed by atoms with Crippen molar-refractivity contribution in [1.29, 1.82) is 0 Å². The Morgan fingerprint density at radius 3 is 2.58 bits per heavy atom. The first-order chi connectivity index (χ1) is 11.6. The number of rotatable bonds is 4. The van der Waals surface area contributed by atoms with E-state index in [1.165, 1.54) is 5.38 Å². The molecule has 0 amide bonds. The molecule has 5 nitrogen and oxygen atoms in total. The van der Waals surface area contributed by atoms with Gasteiger partial charge < -0.3 is 14.9 Å². The summed E-state index contributed by atoms with van der Waals surface area (Å²) in [6.07, 6.45) is 0. The van der Waals surface area contributed by atoms with Crippen molar-refractivity contribution in [2.45, 2.75) is 5.60 Å². The molecule has 2 aromatic carbocycles. The summed E-state index contributed by atoms with van der Waals surface area (Å²) in [7, 11) is 1.56. The van der Waals surface area contributed by atoms with Crippen molar-refractivity contribution in [1.82, 2.24) is 4.98 Å². The third kappa shape index (κ3) is 1.84. The van der Waals surface area contributed by atoms with Crippen LogP contribution in [0.4, 0.5) is 0 Å². The zero-order valence-corrected chi connectivity index (χ0v) is 13.5. The SMILES string of the molecule is COc1c2ccc(-c3ccccc3)c1C2(O)c1nc(C(=O)O)cs1. The van der Waals surface area contributed by atoms with Crippen LogP contribution in [0.5, 0.6) is 5.75 Å². The van der Waals surface area contributed by atoms with Crippen LogP contribution in [0, 0.1) is 0 Å². The van der Waals surface area contributed by atoms with Crippen molar-refractivity contribution in [2.24, 2.45) is 0 Å². The van der Waals surface area contributed by atoms with E-state index >= 15 is 0 Å². The normalized spacial score (nSPS) is 18.1. The molecule has 0 fully saturated rings. The zero-order valence-electron chi connectivity index (χ0n) is 12.7.